The van der Waals surface area contributed by atoms with Crippen molar-refractivity contribution in [3.63, 3.8) is 0 Å². The van der Waals surface area contributed by atoms with Gasteiger partial charge in [-0.2, -0.15) is 0 Å². The molecule has 140 valence electrons. The van der Waals surface area contributed by atoms with E-state index in [1.165, 1.54) is 5.56 Å². The van der Waals surface area contributed by atoms with Crippen molar-refractivity contribution in [2.75, 3.05) is 6.61 Å². The van der Waals surface area contributed by atoms with Crippen LogP contribution in [0.2, 0.25) is 0 Å². The Morgan fingerprint density at radius 3 is 2.33 bits per heavy atom. The first-order chi connectivity index (χ1) is 12.9. The second kappa shape index (κ2) is 8.72. The van der Waals surface area contributed by atoms with Crippen molar-refractivity contribution in [3.8, 4) is 5.75 Å². The number of cyclic esters (lactones) is 1. The van der Waals surface area contributed by atoms with E-state index in [4.69, 9.17) is 9.47 Å². The van der Waals surface area contributed by atoms with Gasteiger partial charge in [0.1, 0.15) is 5.75 Å². The average Bonchev–Trinajstić information content (AvgIpc) is 2.99. The lowest BCUT2D eigenvalue weighted by atomic mass is 10.0. The van der Waals surface area contributed by atoms with Crippen LogP contribution < -0.4 is 4.74 Å². The molecule has 0 spiro atoms. The summed E-state index contributed by atoms with van der Waals surface area (Å²) in [7, 11) is 0. The van der Waals surface area contributed by atoms with Crippen LogP contribution in [0, 0.1) is 7.14 Å². The second-order valence-corrected chi connectivity index (χ2v) is 8.68. The zero-order valence-electron chi connectivity index (χ0n) is 15.3. The molecule has 6 heteroatoms. The zero-order valence-corrected chi connectivity index (χ0v) is 19.6. The Bertz CT molecular complexity index is 908. The third-order valence-electron chi connectivity index (χ3n) is 4.06. The fraction of sp³-hybridized carbons (Fsp3) is 0.238. The summed E-state index contributed by atoms with van der Waals surface area (Å²) in [5, 5.41) is 0. The number of carbonyl (C=O) groups excluding carboxylic acids is 1. The predicted molar refractivity (Wildman–Crippen MR) is 124 cm³/mol. The Morgan fingerprint density at radius 1 is 1.15 bits per heavy atom. The Labute approximate surface area is 186 Å². The van der Waals surface area contributed by atoms with Gasteiger partial charge in [0.25, 0.3) is 0 Å². The lowest BCUT2D eigenvalue weighted by Crippen LogP contribution is -2.05. The molecule has 0 atom stereocenters. The van der Waals surface area contributed by atoms with E-state index in [1.54, 1.807) is 6.08 Å². The Hall–Kier alpha value is -1.42. The highest BCUT2D eigenvalue weighted by Crippen LogP contribution is 2.30. The maximum atomic E-state index is 12.2. The summed E-state index contributed by atoms with van der Waals surface area (Å²) in [6.45, 7) is 6.85. The van der Waals surface area contributed by atoms with E-state index in [0.29, 0.717) is 24.1 Å². The second-order valence-electron chi connectivity index (χ2n) is 6.36. The van der Waals surface area contributed by atoms with Crippen molar-refractivity contribution in [3.05, 3.63) is 65.9 Å². The van der Waals surface area contributed by atoms with E-state index >= 15 is 0 Å². The van der Waals surface area contributed by atoms with Gasteiger partial charge >= 0.3 is 5.97 Å². The molecule has 0 unspecified atom stereocenters. The topological polar surface area (TPSA) is 47.9 Å². The molecule has 1 aliphatic rings. The fourth-order valence-corrected chi connectivity index (χ4v) is 4.77. The lowest BCUT2D eigenvalue weighted by Gasteiger charge is -2.09. The van der Waals surface area contributed by atoms with Crippen molar-refractivity contribution >= 4 is 63.1 Å². The van der Waals surface area contributed by atoms with Crippen LogP contribution in [0.5, 0.6) is 5.75 Å². The van der Waals surface area contributed by atoms with Gasteiger partial charge in [-0.25, -0.2) is 9.79 Å². The fourth-order valence-electron chi connectivity index (χ4n) is 2.65. The van der Waals surface area contributed by atoms with Crippen LogP contribution in [0.1, 0.15) is 43.4 Å². The quantitative estimate of drug-likeness (QED) is 0.254. The monoisotopic (exact) mass is 587 g/mol. The molecule has 0 fully saturated rings. The van der Waals surface area contributed by atoms with Gasteiger partial charge in [-0.15, -0.1) is 0 Å². The molecular weight excluding hydrogens is 568 g/mol. The molecule has 0 saturated carbocycles. The molecule has 1 heterocycles. The number of rotatable bonds is 5. The molecule has 4 nitrogen and oxygen atoms in total. The highest BCUT2D eigenvalue weighted by molar-refractivity contribution is 14.1. The zero-order chi connectivity index (χ0) is 19.6. The molecular formula is C21H19I2NO3. The third kappa shape index (κ3) is 4.71. The molecule has 0 N–H and O–H groups in total. The maximum Gasteiger partial charge on any atom is 0.363 e. The van der Waals surface area contributed by atoms with Gasteiger partial charge in [-0.3, -0.25) is 0 Å². The largest absolute Gasteiger partial charge is 0.492 e. The van der Waals surface area contributed by atoms with E-state index in [2.05, 4.69) is 64.0 Å². The first-order valence-electron chi connectivity index (χ1n) is 8.63. The summed E-state index contributed by atoms with van der Waals surface area (Å²) in [5.74, 6) is 1.23. The molecule has 0 aliphatic carbocycles. The summed E-state index contributed by atoms with van der Waals surface area (Å²) < 4.78 is 13.0. The first-order valence-corrected chi connectivity index (χ1v) is 10.8. The highest BCUT2D eigenvalue weighted by atomic mass is 127. The summed E-state index contributed by atoms with van der Waals surface area (Å²) in [6.07, 6.45) is 1.75. The Kier molecular flexibility index (Phi) is 6.56. The van der Waals surface area contributed by atoms with Crippen LogP contribution in [0.25, 0.3) is 6.08 Å². The number of nitrogens with zero attached hydrogens (tertiary/aromatic N) is 1. The molecule has 0 bridgehead atoms. The van der Waals surface area contributed by atoms with Crippen molar-refractivity contribution in [1.29, 1.82) is 0 Å². The van der Waals surface area contributed by atoms with Gasteiger partial charge in [0.2, 0.25) is 5.90 Å². The SMILES string of the molecule is CCOc1c(I)cc(/C=C2\N=C(c3ccc(C(C)C)cc3)OC2=O)cc1I. The number of halogens is 2. The smallest absolute Gasteiger partial charge is 0.363 e. The maximum absolute atomic E-state index is 12.2. The van der Waals surface area contributed by atoms with Crippen LogP contribution in [-0.4, -0.2) is 18.5 Å². The minimum Gasteiger partial charge on any atom is -0.492 e. The number of hydrogen-bond acceptors (Lipinski definition) is 4. The Balaban J connectivity index is 1.89. The molecule has 0 saturated heterocycles. The molecule has 0 amide bonds. The van der Waals surface area contributed by atoms with Gasteiger partial charge in [-0.1, -0.05) is 26.0 Å². The van der Waals surface area contributed by atoms with Gasteiger partial charge in [0, 0.05) is 5.56 Å². The van der Waals surface area contributed by atoms with Crippen LogP contribution in [-0.2, 0) is 9.53 Å². The molecule has 3 rings (SSSR count). The normalized spacial score (nSPS) is 15.3. The standard InChI is InChI=1S/C21H19I2NO3/c1-4-26-19-16(22)9-13(10-17(19)23)11-18-21(25)27-20(24-18)15-7-5-14(6-8-15)12(2)3/h5-12H,4H2,1-3H3/b18-11-. The van der Waals surface area contributed by atoms with E-state index in [1.807, 2.05) is 43.3 Å². The molecule has 1 aliphatic heterocycles. The third-order valence-corrected chi connectivity index (χ3v) is 5.66. The van der Waals surface area contributed by atoms with Crippen molar-refractivity contribution < 1.29 is 14.3 Å². The van der Waals surface area contributed by atoms with Crippen molar-refractivity contribution in [1.82, 2.24) is 0 Å². The van der Waals surface area contributed by atoms with E-state index in [9.17, 15) is 4.79 Å². The summed E-state index contributed by atoms with van der Waals surface area (Å²) in [5.41, 5.74) is 3.22. The number of ether oxygens (including phenoxy) is 2. The summed E-state index contributed by atoms with van der Waals surface area (Å²) in [6, 6.07) is 11.9. The lowest BCUT2D eigenvalue weighted by molar-refractivity contribution is -0.129. The molecule has 2 aromatic carbocycles. The van der Waals surface area contributed by atoms with Gasteiger partial charge in [-0.05, 0) is 99.5 Å². The van der Waals surface area contributed by atoms with Crippen LogP contribution >= 0.6 is 45.2 Å². The number of benzene rings is 2. The number of hydrogen-bond donors (Lipinski definition) is 0. The van der Waals surface area contributed by atoms with Gasteiger partial charge in [0.05, 0.1) is 13.7 Å². The van der Waals surface area contributed by atoms with E-state index in [0.717, 1.165) is 24.0 Å². The van der Waals surface area contributed by atoms with Crippen LogP contribution in [0.3, 0.4) is 0 Å². The predicted octanol–water partition coefficient (Wildman–Crippen LogP) is 5.76. The number of esters is 1. The number of carbonyl (C=O) groups is 1. The van der Waals surface area contributed by atoms with Crippen molar-refractivity contribution in [2.45, 2.75) is 26.7 Å². The molecule has 27 heavy (non-hydrogen) atoms. The van der Waals surface area contributed by atoms with Gasteiger partial charge < -0.3 is 9.47 Å². The average molecular weight is 587 g/mol. The summed E-state index contributed by atoms with van der Waals surface area (Å²) in [4.78, 5) is 16.6. The first kappa shape index (κ1) is 20.3. The molecule has 2 aromatic rings. The Morgan fingerprint density at radius 2 is 1.78 bits per heavy atom. The van der Waals surface area contributed by atoms with Crippen LogP contribution in [0.4, 0.5) is 0 Å². The summed E-state index contributed by atoms with van der Waals surface area (Å²) >= 11 is 4.47. The van der Waals surface area contributed by atoms with Crippen LogP contribution in [0.15, 0.2) is 47.1 Å². The van der Waals surface area contributed by atoms with E-state index < -0.39 is 5.97 Å². The minimum atomic E-state index is -0.433. The number of aliphatic imine (C=N–C) groups is 1. The molecule has 0 aromatic heterocycles. The van der Waals surface area contributed by atoms with Crippen molar-refractivity contribution in [2.24, 2.45) is 4.99 Å². The van der Waals surface area contributed by atoms with Gasteiger partial charge in [0.15, 0.2) is 5.70 Å². The van der Waals surface area contributed by atoms with E-state index in [-0.39, 0.29) is 0 Å². The highest BCUT2D eigenvalue weighted by Gasteiger charge is 2.24. The minimum absolute atomic E-state index is 0.300. The molecule has 0 radical (unpaired) electrons.